The van der Waals surface area contributed by atoms with Gasteiger partial charge in [0.25, 0.3) is 0 Å². The third-order valence-corrected chi connectivity index (χ3v) is 10.7. The van der Waals surface area contributed by atoms with Gasteiger partial charge >= 0.3 is 0 Å². The van der Waals surface area contributed by atoms with E-state index in [9.17, 15) is 8.42 Å². The molecule has 1 unspecified atom stereocenters. The number of sulfone groups is 1. The molecule has 4 atom stereocenters. The molecule has 0 aliphatic carbocycles. The summed E-state index contributed by atoms with van der Waals surface area (Å²) in [7, 11) is 0.815. The third-order valence-electron chi connectivity index (χ3n) is 9.64. The Morgan fingerprint density at radius 1 is 1.07 bits per heavy atom. The second kappa shape index (κ2) is 10.4. The summed E-state index contributed by atoms with van der Waals surface area (Å²) in [5.41, 5.74) is 4.35. The minimum atomic E-state index is -3.05. The van der Waals surface area contributed by atoms with Crippen LogP contribution in [0.15, 0.2) is 42.9 Å². The van der Waals surface area contributed by atoms with Crippen LogP contribution in [0.3, 0.4) is 0 Å². The SMILES string of the molecule is COc1ccncc1-c1cc2c(cnn2-c2cc(N3C[C@H](CS(C)(=O)=O)[C@H]3C)cc(N3CC4CCN(C)[C@@H]4C3)n2)c(C)n1. The molecule has 11 nitrogen and oxygen atoms in total. The molecule has 0 radical (unpaired) electrons. The van der Waals surface area contributed by atoms with E-state index in [1.165, 1.54) is 12.7 Å². The lowest BCUT2D eigenvalue weighted by atomic mass is 9.91. The summed E-state index contributed by atoms with van der Waals surface area (Å²) in [4.78, 5) is 21.5. The highest BCUT2D eigenvalue weighted by atomic mass is 32.2. The predicted molar refractivity (Wildman–Crippen MR) is 168 cm³/mol. The molecule has 3 aliphatic rings. The number of anilines is 2. The molecule has 7 heterocycles. The molecule has 226 valence electrons. The lowest BCUT2D eigenvalue weighted by molar-refractivity contribution is 0.310. The van der Waals surface area contributed by atoms with Crippen molar-refractivity contribution in [2.75, 3.05) is 62.1 Å². The number of nitrogens with zero attached hydrogens (tertiary/aromatic N) is 8. The minimum Gasteiger partial charge on any atom is -0.496 e. The van der Waals surface area contributed by atoms with Gasteiger partial charge < -0.3 is 19.4 Å². The zero-order valence-electron chi connectivity index (χ0n) is 25.3. The number of aryl methyl sites for hydroxylation is 1. The molecule has 0 bridgehead atoms. The molecule has 0 amide bonds. The van der Waals surface area contributed by atoms with Crippen molar-refractivity contribution in [3.05, 3.63) is 48.5 Å². The molecule has 0 aromatic carbocycles. The van der Waals surface area contributed by atoms with Gasteiger partial charge in [0.1, 0.15) is 21.4 Å². The largest absolute Gasteiger partial charge is 0.496 e. The lowest BCUT2D eigenvalue weighted by Crippen LogP contribution is -2.57. The van der Waals surface area contributed by atoms with Crippen LogP contribution in [0.5, 0.6) is 5.75 Å². The van der Waals surface area contributed by atoms with Gasteiger partial charge in [0.2, 0.25) is 0 Å². The van der Waals surface area contributed by atoms with E-state index in [4.69, 9.17) is 19.8 Å². The fourth-order valence-corrected chi connectivity index (χ4v) is 8.31. The first-order valence-electron chi connectivity index (χ1n) is 14.9. The van der Waals surface area contributed by atoms with Crippen LogP contribution in [0.2, 0.25) is 0 Å². The molecular formula is C31H38N8O3S. The molecule has 3 saturated heterocycles. The Bertz CT molecular complexity index is 1810. The third kappa shape index (κ3) is 5.00. The van der Waals surface area contributed by atoms with Crippen LogP contribution in [0, 0.1) is 18.8 Å². The number of fused-ring (bicyclic) bond motifs is 2. The van der Waals surface area contributed by atoms with Gasteiger partial charge in [-0.25, -0.2) is 18.1 Å². The molecule has 0 spiro atoms. The molecule has 0 N–H and O–H groups in total. The Hall–Kier alpha value is -3.77. The summed E-state index contributed by atoms with van der Waals surface area (Å²) in [6.07, 6.45) is 7.85. The molecule has 3 aliphatic heterocycles. The fraction of sp³-hybridized carbons (Fsp3) is 0.484. The summed E-state index contributed by atoms with van der Waals surface area (Å²) in [5, 5.41) is 5.76. The lowest BCUT2D eigenvalue weighted by Gasteiger charge is -2.48. The molecule has 0 saturated carbocycles. The highest BCUT2D eigenvalue weighted by Gasteiger charge is 2.41. The zero-order valence-corrected chi connectivity index (χ0v) is 26.1. The van der Waals surface area contributed by atoms with Crippen molar-refractivity contribution in [3.8, 4) is 22.8 Å². The Kier molecular flexibility index (Phi) is 6.81. The summed E-state index contributed by atoms with van der Waals surface area (Å²) in [6, 6.07) is 8.74. The van der Waals surface area contributed by atoms with Crippen LogP contribution >= 0.6 is 0 Å². The van der Waals surface area contributed by atoms with Crippen molar-refractivity contribution >= 4 is 32.2 Å². The number of likely N-dealkylation sites (N-methyl/N-ethyl adjacent to an activating group) is 1. The monoisotopic (exact) mass is 602 g/mol. The second-order valence-electron chi connectivity index (χ2n) is 12.4. The van der Waals surface area contributed by atoms with Gasteiger partial charge in [-0.05, 0) is 51.9 Å². The number of hydrogen-bond acceptors (Lipinski definition) is 10. The number of hydrogen-bond donors (Lipinski definition) is 0. The van der Waals surface area contributed by atoms with E-state index in [2.05, 4.69) is 45.8 Å². The normalized spacial score (nSPS) is 24.0. The Balaban J connectivity index is 1.32. The Morgan fingerprint density at radius 2 is 1.88 bits per heavy atom. The quantitative estimate of drug-likeness (QED) is 0.313. The van der Waals surface area contributed by atoms with Gasteiger partial charge in [-0.1, -0.05) is 0 Å². The van der Waals surface area contributed by atoms with Crippen molar-refractivity contribution in [1.29, 1.82) is 0 Å². The van der Waals surface area contributed by atoms with Gasteiger partial charge in [0.05, 0.1) is 35.8 Å². The van der Waals surface area contributed by atoms with Gasteiger partial charge in [-0.15, -0.1) is 0 Å². The molecule has 3 fully saturated rings. The number of methoxy groups -OCH3 is 1. The fourth-order valence-electron chi connectivity index (χ4n) is 7.14. The first kappa shape index (κ1) is 28.0. The Morgan fingerprint density at radius 3 is 2.63 bits per heavy atom. The summed E-state index contributed by atoms with van der Waals surface area (Å²) in [5.74, 6) is 3.30. The van der Waals surface area contributed by atoms with Crippen LogP contribution in [0.1, 0.15) is 19.0 Å². The summed E-state index contributed by atoms with van der Waals surface area (Å²) < 4.78 is 31.6. The Labute approximate surface area is 252 Å². The number of ether oxygens (including phenoxy) is 1. The highest BCUT2D eigenvalue weighted by molar-refractivity contribution is 7.90. The van der Waals surface area contributed by atoms with Crippen LogP contribution < -0.4 is 14.5 Å². The first-order valence-corrected chi connectivity index (χ1v) is 16.9. The van der Waals surface area contributed by atoms with Crippen LogP contribution in [0.4, 0.5) is 11.5 Å². The zero-order chi connectivity index (χ0) is 30.0. The van der Waals surface area contributed by atoms with Crippen molar-refractivity contribution in [1.82, 2.24) is 29.6 Å². The van der Waals surface area contributed by atoms with Gasteiger partial charge in [0.15, 0.2) is 5.82 Å². The van der Waals surface area contributed by atoms with E-state index in [1.807, 2.05) is 29.9 Å². The molecule has 12 heteroatoms. The van der Waals surface area contributed by atoms with E-state index in [0.29, 0.717) is 24.3 Å². The van der Waals surface area contributed by atoms with E-state index in [-0.39, 0.29) is 17.7 Å². The topological polar surface area (TPSA) is 110 Å². The van der Waals surface area contributed by atoms with Crippen molar-refractivity contribution in [2.45, 2.75) is 32.4 Å². The van der Waals surface area contributed by atoms with Crippen molar-refractivity contribution in [3.63, 3.8) is 0 Å². The van der Waals surface area contributed by atoms with Gasteiger partial charge in [0, 0.05) is 85.2 Å². The number of pyridine rings is 3. The van der Waals surface area contributed by atoms with E-state index >= 15 is 0 Å². The maximum atomic E-state index is 12.0. The van der Waals surface area contributed by atoms with Crippen LogP contribution in [0.25, 0.3) is 28.0 Å². The number of likely N-dealkylation sites (tertiary alicyclic amines) is 1. The molecular weight excluding hydrogens is 564 g/mol. The van der Waals surface area contributed by atoms with Crippen molar-refractivity contribution < 1.29 is 13.2 Å². The first-order chi connectivity index (χ1) is 20.6. The molecule has 43 heavy (non-hydrogen) atoms. The van der Waals surface area contributed by atoms with E-state index in [1.54, 1.807) is 19.5 Å². The van der Waals surface area contributed by atoms with Crippen molar-refractivity contribution in [2.24, 2.45) is 11.8 Å². The average Bonchev–Trinajstić information content (AvgIpc) is 3.70. The summed E-state index contributed by atoms with van der Waals surface area (Å²) in [6.45, 7) is 7.85. The molecule has 7 rings (SSSR count). The predicted octanol–water partition coefficient (Wildman–Crippen LogP) is 3.20. The average molecular weight is 603 g/mol. The minimum absolute atomic E-state index is 0.103. The van der Waals surface area contributed by atoms with Gasteiger partial charge in [-0.2, -0.15) is 5.10 Å². The maximum Gasteiger partial charge on any atom is 0.158 e. The van der Waals surface area contributed by atoms with Crippen LogP contribution in [-0.4, -0.2) is 102 Å². The van der Waals surface area contributed by atoms with E-state index in [0.717, 1.165) is 64.8 Å². The number of rotatable bonds is 7. The van der Waals surface area contributed by atoms with Crippen LogP contribution in [-0.2, 0) is 9.84 Å². The number of aromatic nitrogens is 5. The molecule has 4 aromatic heterocycles. The van der Waals surface area contributed by atoms with Gasteiger partial charge in [-0.3, -0.25) is 9.97 Å². The molecule has 4 aromatic rings. The standard InChI is InChI=1S/C31H38N8O3S/c1-19-24-14-33-39(27(24)12-26(34-19)25-13-32-8-6-29(25)42-4)31-11-23(38-16-22(20(38)2)18-43(5,40)41)10-30(35-31)37-15-21-7-9-36(3)28(21)17-37/h6,8,10-14,20-22,28H,7,9,15-18H2,1-5H3/t20-,21?,22-,28-/m1/s1. The maximum absolute atomic E-state index is 12.0. The summed E-state index contributed by atoms with van der Waals surface area (Å²) >= 11 is 0. The van der Waals surface area contributed by atoms with E-state index < -0.39 is 9.84 Å². The highest BCUT2D eigenvalue weighted by Crippen LogP contribution is 2.38. The smallest absolute Gasteiger partial charge is 0.158 e. The second-order valence-corrected chi connectivity index (χ2v) is 14.6.